The minimum atomic E-state index is 0.503. The summed E-state index contributed by atoms with van der Waals surface area (Å²) in [6.45, 7) is 5.75. The zero-order chi connectivity index (χ0) is 15.1. The van der Waals surface area contributed by atoms with Crippen LogP contribution < -0.4 is 5.32 Å². The molecule has 0 aliphatic carbocycles. The van der Waals surface area contributed by atoms with E-state index in [9.17, 15) is 0 Å². The van der Waals surface area contributed by atoms with Gasteiger partial charge < -0.3 is 10.2 Å². The number of rotatable bonds is 2. The Morgan fingerprint density at radius 3 is 2.86 bits per heavy atom. The van der Waals surface area contributed by atoms with Crippen LogP contribution in [0.5, 0.6) is 0 Å². The Morgan fingerprint density at radius 2 is 2.14 bits per heavy atom. The molecule has 4 rings (SSSR count). The minimum Gasteiger partial charge on any atom is -0.310 e. The Labute approximate surface area is 132 Å². The quantitative estimate of drug-likeness (QED) is 0.925. The molecular weight excluding hydrogens is 272 g/mol. The van der Waals surface area contributed by atoms with E-state index in [1.807, 2.05) is 0 Å². The zero-order valence-corrected chi connectivity index (χ0v) is 13.6. The number of fused-ring (bicyclic) bond motifs is 1. The summed E-state index contributed by atoms with van der Waals surface area (Å²) >= 11 is 0. The average molecular weight is 298 g/mol. The van der Waals surface area contributed by atoms with Crippen molar-refractivity contribution in [3.05, 3.63) is 30.0 Å². The highest BCUT2D eigenvalue weighted by atomic mass is 15.3. The van der Waals surface area contributed by atoms with Crippen molar-refractivity contribution >= 4 is 10.9 Å². The van der Waals surface area contributed by atoms with E-state index in [0.29, 0.717) is 12.1 Å². The van der Waals surface area contributed by atoms with Gasteiger partial charge in [-0.25, -0.2) is 0 Å². The molecule has 2 fully saturated rings. The molecule has 0 spiro atoms. The predicted molar refractivity (Wildman–Crippen MR) is 90.0 cm³/mol. The molecule has 1 aromatic heterocycles. The van der Waals surface area contributed by atoms with E-state index < -0.39 is 0 Å². The molecular formula is C18H26N4. The molecule has 2 saturated heterocycles. The van der Waals surface area contributed by atoms with Crippen LogP contribution in [0.15, 0.2) is 24.4 Å². The van der Waals surface area contributed by atoms with Crippen LogP contribution in [-0.4, -0.2) is 41.4 Å². The van der Waals surface area contributed by atoms with Gasteiger partial charge in [0, 0.05) is 24.2 Å². The first-order valence-electron chi connectivity index (χ1n) is 8.60. The molecule has 3 atom stereocenters. The monoisotopic (exact) mass is 298 g/mol. The first-order chi connectivity index (χ1) is 10.7. The largest absolute Gasteiger partial charge is 0.310 e. The number of likely N-dealkylation sites (tertiary alicyclic amines) is 1. The maximum absolute atomic E-state index is 4.86. The van der Waals surface area contributed by atoms with Gasteiger partial charge in [-0.05, 0) is 56.9 Å². The highest BCUT2D eigenvalue weighted by molar-refractivity contribution is 5.78. The van der Waals surface area contributed by atoms with Gasteiger partial charge in [-0.1, -0.05) is 19.1 Å². The highest BCUT2D eigenvalue weighted by Gasteiger charge is 2.23. The van der Waals surface area contributed by atoms with Gasteiger partial charge in [-0.15, -0.1) is 0 Å². The molecule has 2 aliphatic heterocycles. The lowest BCUT2D eigenvalue weighted by Gasteiger charge is -2.28. The molecule has 118 valence electrons. The first-order valence-corrected chi connectivity index (χ1v) is 8.60. The summed E-state index contributed by atoms with van der Waals surface area (Å²) in [4.78, 5) is 2.38. The van der Waals surface area contributed by atoms with E-state index >= 15 is 0 Å². The molecule has 4 heteroatoms. The molecule has 2 aliphatic rings. The van der Waals surface area contributed by atoms with Crippen LogP contribution in [0.3, 0.4) is 0 Å². The summed E-state index contributed by atoms with van der Waals surface area (Å²) in [6.07, 6.45) is 5.98. The average Bonchev–Trinajstić information content (AvgIpc) is 3.13. The van der Waals surface area contributed by atoms with E-state index in [0.717, 1.165) is 24.5 Å². The van der Waals surface area contributed by atoms with Gasteiger partial charge in [-0.3, -0.25) is 4.68 Å². The normalized spacial score (nSPS) is 30.2. The Hall–Kier alpha value is -1.39. The van der Waals surface area contributed by atoms with Crippen molar-refractivity contribution in [2.45, 2.75) is 38.3 Å². The number of hydrogen-bond donors (Lipinski definition) is 1. The summed E-state index contributed by atoms with van der Waals surface area (Å²) in [6, 6.07) is 7.85. The topological polar surface area (TPSA) is 33.1 Å². The third-order valence-electron chi connectivity index (χ3n) is 5.35. The van der Waals surface area contributed by atoms with E-state index in [-0.39, 0.29) is 0 Å². The molecule has 1 N–H and O–H groups in total. The maximum Gasteiger partial charge on any atom is 0.0926 e. The number of nitrogens with zero attached hydrogens (tertiary/aromatic N) is 3. The summed E-state index contributed by atoms with van der Waals surface area (Å²) in [5, 5.41) is 9.80. The van der Waals surface area contributed by atoms with Crippen LogP contribution in [0, 0.1) is 5.92 Å². The van der Waals surface area contributed by atoms with E-state index in [1.54, 1.807) is 0 Å². The van der Waals surface area contributed by atoms with Crippen molar-refractivity contribution < 1.29 is 0 Å². The fraction of sp³-hybridized carbons (Fsp3) is 0.611. The molecule has 1 aromatic carbocycles. The fourth-order valence-corrected chi connectivity index (χ4v) is 3.87. The Balaban J connectivity index is 1.58. The molecule has 1 unspecified atom stereocenters. The number of benzene rings is 1. The van der Waals surface area contributed by atoms with Crippen LogP contribution in [0.4, 0.5) is 0 Å². The molecule has 0 radical (unpaired) electrons. The lowest BCUT2D eigenvalue weighted by atomic mass is 9.92. The summed E-state index contributed by atoms with van der Waals surface area (Å²) in [5.41, 5.74) is 2.54. The molecule has 22 heavy (non-hydrogen) atoms. The van der Waals surface area contributed by atoms with Crippen LogP contribution in [-0.2, 0) is 0 Å². The predicted octanol–water partition coefficient (Wildman–Crippen LogP) is 2.97. The van der Waals surface area contributed by atoms with E-state index in [1.165, 1.54) is 36.8 Å². The van der Waals surface area contributed by atoms with Crippen molar-refractivity contribution in [3.63, 3.8) is 0 Å². The van der Waals surface area contributed by atoms with Crippen molar-refractivity contribution in [3.8, 4) is 0 Å². The second-order valence-electron chi connectivity index (χ2n) is 7.28. The van der Waals surface area contributed by atoms with Crippen molar-refractivity contribution in [1.82, 2.24) is 20.0 Å². The summed E-state index contributed by atoms with van der Waals surface area (Å²) in [7, 11) is 2.19. The van der Waals surface area contributed by atoms with Gasteiger partial charge in [-0.2, -0.15) is 5.10 Å². The van der Waals surface area contributed by atoms with Gasteiger partial charge in [0.05, 0.1) is 11.6 Å². The number of hydrogen-bond acceptors (Lipinski definition) is 3. The number of aromatic nitrogens is 2. The third-order valence-corrected chi connectivity index (χ3v) is 5.35. The van der Waals surface area contributed by atoms with Crippen LogP contribution >= 0.6 is 0 Å². The molecule has 2 aromatic rings. The molecule has 3 heterocycles. The second kappa shape index (κ2) is 5.67. The van der Waals surface area contributed by atoms with Crippen LogP contribution in [0.2, 0.25) is 0 Å². The Bertz CT molecular complexity index is 654. The lowest BCUT2D eigenvalue weighted by Crippen LogP contribution is -2.31. The van der Waals surface area contributed by atoms with Crippen LogP contribution in [0.1, 0.15) is 43.8 Å². The second-order valence-corrected chi connectivity index (χ2v) is 7.28. The van der Waals surface area contributed by atoms with Gasteiger partial charge in [0.25, 0.3) is 0 Å². The van der Waals surface area contributed by atoms with E-state index in [4.69, 9.17) is 5.10 Å². The zero-order valence-electron chi connectivity index (χ0n) is 13.6. The molecule has 4 nitrogen and oxygen atoms in total. The van der Waals surface area contributed by atoms with Gasteiger partial charge >= 0.3 is 0 Å². The molecule has 0 amide bonds. The standard InChI is InChI=1S/C18H26N4/c1-13-3-6-17(19-10-13)14-4-5-15-11-22(20-18(15)9-14)16-7-8-21(2)12-16/h4-5,9,11,13,16-17,19H,3,6-8,10,12H2,1-2H3/t13-,16?,17+/m0/s1. The highest BCUT2D eigenvalue weighted by Crippen LogP contribution is 2.28. The van der Waals surface area contributed by atoms with Gasteiger partial charge in [0.1, 0.15) is 0 Å². The molecule has 0 bridgehead atoms. The smallest absolute Gasteiger partial charge is 0.0926 e. The van der Waals surface area contributed by atoms with Crippen molar-refractivity contribution in [1.29, 1.82) is 0 Å². The number of likely N-dealkylation sites (N-methyl/N-ethyl adjacent to an activating group) is 1. The van der Waals surface area contributed by atoms with Crippen molar-refractivity contribution in [2.75, 3.05) is 26.7 Å². The Kier molecular flexibility index (Phi) is 3.66. The van der Waals surface area contributed by atoms with Crippen molar-refractivity contribution in [2.24, 2.45) is 5.92 Å². The van der Waals surface area contributed by atoms with Crippen LogP contribution in [0.25, 0.3) is 10.9 Å². The molecule has 0 saturated carbocycles. The third kappa shape index (κ3) is 2.66. The van der Waals surface area contributed by atoms with Gasteiger partial charge in [0.15, 0.2) is 0 Å². The Morgan fingerprint density at radius 1 is 1.23 bits per heavy atom. The first kappa shape index (κ1) is 14.2. The maximum atomic E-state index is 4.86. The van der Waals surface area contributed by atoms with Gasteiger partial charge in [0.2, 0.25) is 0 Å². The summed E-state index contributed by atoms with van der Waals surface area (Å²) < 4.78 is 2.19. The number of piperidine rings is 1. The summed E-state index contributed by atoms with van der Waals surface area (Å²) in [5.74, 6) is 0.804. The lowest BCUT2D eigenvalue weighted by molar-refractivity contribution is 0.333. The SMILES string of the molecule is C[C@H]1CC[C@H](c2ccc3cn(C4CCN(C)C4)nc3c2)NC1. The fourth-order valence-electron chi connectivity index (χ4n) is 3.87. The van der Waals surface area contributed by atoms with E-state index in [2.05, 4.69) is 53.3 Å². The minimum absolute atomic E-state index is 0.503. The number of nitrogens with one attached hydrogen (secondary N) is 1.